The monoisotopic (exact) mass is 376 g/mol. The molecule has 0 atom stereocenters. The molecule has 0 aliphatic carbocycles. The second kappa shape index (κ2) is 5.37. The maximum absolute atomic E-state index is 11.9. The van der Waals surface area contributed by atoms with E-state index >= 15 is 0 Å². The number of aryl methyl sites for hydroxylation is 1. The second-order valence-electron chi connectivity index (χ2n) is 3.61. The van der Waals surface area contributed by atoms with E-state index in [9.17, 15) is 4.79 Å². The molecule has 2 aromatic heterocycles. The molecule has 0 aliphatic rings. The molecule has 0 aromatic carbocycles. The van der Waals surface area contributed by atoms with E-state index in [0.717, 1.165) is 13.1 Å². The lowest BCUT2D eigenvalue weighted by Gasteiger charge is -2.02. The fourth-order valence-electron chi connectivity index (χ4n) is 1.44. The van der Waals surface area contributed by atoms with Crippen molar-refractivity contribution >= 4 is 49.1 Å². The van der Waals surface area contributed by atoms with Gasteiger partial charge in [-0.1, -0.05) is 0 Å². The average Bonchev–Trinajstić information content (AvgIpc) is 2.81. The van der Waals surface area contributed by atoms with Crippen LogP contribution in [0.15, 0.2) is 32.1 Å². The Morgan fingerprint density at radius 2 is 2.29 bits per heavy atom. The molecule has 1 N–H and O–H groups in total. The van der Waals surface area contributed by atoms with Crippen LogP contribution in [-0.2, 0) is 13.6 Å². The Morgan fingerprint density at radius 3 is 2.82 bits per heavy atom. The third-order valence-electron chi connectivity index (χ3n) is 2.25. The Kier molecular flexibility index (Phi) is 4.06. The van der Waals surface area contributed by atoms with Crippen molar-refractivity contribution in [3.05, 3.63) is 43.2 Å². The summed E-state index contributed by atoms with van der Waals surface area (Å²) in [6, 6.07) is 3.80. The first-order valence-corrected chi connectivity index (χ1v) is 7.30. The van der Waals surface area contributed by atoms with Gasteiger partial charge in [0.1, 0.15) is 0 Å². The number of nitrogens with zero attached hydrogens (tertiary/aromatic N) is 1. The number of rotatable bonds is 3. The Morgan fingerprint density at radius 1 is 1.53 bits per heavy atom. The molecular formula is C11H10Br2N2OS. The van der Waals surface area contributed by atoms with E-state index in [0.29, 0.717) is 12.1 Å². The maximum atomic E-state index is 11.9. The number of aromatic nitrogens is 1. The summed E-state index contributed by atoms with van der Waals surface area (Å²) >= 11 is 8.22. The van der Waals surface area contributed by atoms with Gasteiger partial charge in [0.15, 0.2) is 0 Å². The molecule has 1 amide bonds. The topological polar surface area (TPSA) is 34.0 Å². The second-order valence-corrected chi connectivity index (χ2v) is 7.36. The van der Waals surface area contributed by atoms with Crippen LogP contribution in [0.25, 0.3) is 0 Å². The zero-order chi connectivity index (χ0) is 12.4. The highest BCUT2D eigenvalue weighted by molar-refractivity contribution is 9.12. The summed E-state index contributed by atoms with van der Waals surface area (Å²) in [6.45, 7) is 0.541. The number of hydrogen-bond acceptors (Lipinski definition) is 2. The van der Waals surface area contributed by atoms with Gasteiger partial charge in [0.05, 0.1) is 13.1 Å². The number of thiophene rings is 1. The molecule has 90 valence electrons. The maximum Gasteiger partial charge on any atom is 0.253 e. The van der Waals surface area contributed by atoms with Crippen LogP contribution >= 0.6 is 43.2 Å². The smallest absolute Gasteiger partial charge is 0.253 e. The van der Waals surface area contributed by atoms with Crippen LogP contribution in [0.4, 0.5) is 0 Å². The molecule has 0 radical (unpaired) electrons. The van der Waals surface area contributed by atoms with Gasteiger partial charge >= 0.3 is 0 Å². The largest absolute Gasteiger partial charge is 0.357 e. The standard InChI is InChI=1S/C11H10Br2N2OS/c1-15-3-2-7(6-15)5-14-11(16)8-4-9(12)17-10(8)13/h2-4,6H,5H2,1H3,(H,14,16). The van der Waals surface area contributed by atoms with Crippen LogP contribution in [0.3, 0.4) is 0 Å². The zero-order valence-corrected chi connectivity index (χ0v) is 13.0. The molecule has 3 nitrogen and oxygen atoms in total. The van der Waals surface area contributed by atoms with Crippen molar-refractivity contribution in [3.63, 3.8) is 0 Å². The lowest BCUT2D eigenvalue weighted by Crippen LogP contribution is -2.22. The Labute approximate surface area is 120 Å². The van der Waals surface area contributed by atoms with Gasteiger partial charge in [0, 0.05) is 26.0 Å². The number of nitrogens with one attached hydrogen (secondary N) is 1. The Balaban J connectivity index is 2.00. The van der Waals surface area contributed by atoms with Crippen molar-refractivity contribution < 1.29 is 4.79 Å². The fourth-order valence-corrected chi connectivity index (χ4v) is 4.23. The van der Waals surface area contributed by atoms with E-state index in [-0.39, 0.29) is 5.91 Å². The highest BCUT2D eigenvalue weighted by atomic mass is 79.9. The molecule has 0 bridgehead atoms. The van der Waals surface area contributed by atoms with Gasteiger partial charge in [0.25, 0.3) is 5.91 Å². The van der Waals surface area contributed by atoms with Crippen molar-refractivity contribution in [3.8, 4) is 0 Å². The highest BCUT2D eigenvalue weighted by Gasteiger charge is 2.13. The number of carbonyl (C=O) groups is 1. The van der Waals surface area contributed by atoms with Gasteiger partial charge in [-0.05, 0) is 49.6 Å². The van der Waals surface area contributed by atoms with E-state index in [1.807, 2.05) is 36.1 Å². The molecule has 0 fully saturated rings. The number of halogens is 2. The third-order valence-corrected chi connectivity index (χ3v) is 4.59. The molecule has 0 spiro atoms. The van der Waals surface area contributed by atoms with Gasteiger partial charge in [-0.3, -0.25) is 4.79 Å². The van der Waals surface area contributed by atoms with Crippen molar-refractivity contribution in [2.24, 2.45) is 7.05 Å². The van der Waals surface area contributed by atoms with Gasteiger partial charge in [0.2, 0.25) is 0 Å². The van der Waals surface area contributed by atoms with E-state index in [2.05, 4.69) is 37.2 Å². The number of amides is 1. The predicted molar refractivity (Wildman–Crippen MR) is 76.3 cm³/mol. The first-order valence-electron chi connectivity index (χ1n) is 4.90. The lowest BCUT2D eigenvalue weighted by atomic mass is 10.3. The Hall–Kier alpha value is -0.590. The quantitative estimate of drug-likeness (QED) is 0.871. The van der Waals surface area contributed by atoms with Crippen molar-refractivity contribution in [1.82, 2.24) is 9.88 Å². The van der Waals surface area contributed by atoms with Crippen LogP contribution in [0, 0.1) is 0 Å². The van der Waals surface area contributed by atoms with Crippen LogP contribution in [0.2, 0.25) is 0 Å². The van der Waals surface area contributed by atoms with Gasteiger partial charge in [-0.25, -0.2) is 0 Å². The summed E-state index contributed by atoms with van der Waals surface area (Å²) < 4.78 is 3.74. The summed E-state index contributed by atoms with van der Waals surface area (Å²) in [4.78, 5) is 11.9. The van der Waals surface area contributed by atoms with E-state index in [4.69, 9.17) is 0 Å². The van der Waals surface area contributed by atoms with Gasteiger partial charge in [-0.2, -0.15) is 0 Å². The Bertz CT molecular complexity index is 547. The van der Waals surface area contributed by atoms with Crippen LogP contribution < -0.4 is 5.32 Å². The molecule has 6 heteroatoms. The van der Waals surface area contributed by atoms with Crippen molar-refractivity contribution in [2.45, 2.75) is 6.54 Å². The summed E-state index contributed by atoms with van der Waals surface area (Å²) in [5.74, 6) is -0.0670. The molecule has 0 saturated heterocycles. The zero-order valence-electron chi connectivity index (χ0n) is 9.04. The van der Waals surface area contributed by atoms with Crippen LogP contribution in [0.5, 0.6) is 0 Å². The SMILES string of the molecule is Cn1ccc(CNC(=O)c2cc(Br)sc2Br)c1. The summed E-state index contributed by atoms with van der Waals surface area (Å²) in [5.41, 5.74) is 1.75. The molecule has 0 aliphatic heterocycles. The fraction of sp³-hybridized carbons (Fsp3) is 0.182. The van der Waals surface area contributed by atoms with E-state index in [1.54, 1.807) is 0 Å². The van der Waals surface area contributed by atoms with Gasteiger partial charge in [-0.15, -0.1) is 11.3 Å². The minimum atomic E-state index is -0.0670. The lowest BCUT2D eigenvalue weighted by molar-refractivity contribution is 0.0950. The van der Waals surface area contributed by atoms with E-state index < -0.39 is 0 Å². The van der Waals surface area contributed by atoms with E-state index in [1.165, 1.54) is 11.3 Å². The average molecular weight is 378 g/mol. The van der Waals surface area contributed by atoms with Crippen LogP contribution in [0.1, 0.15) is 15.9 Å². The first kappa shape index (κ1) is 12.9. The number of carbonyl (C=O) groups excluding carboxylic acids is 1. The highest BCUT2D eigenvalue weighted by Crippen LogP contribution is 2.31. The van der Waals surface area contributed by atoms with Crippen LogP contribution in [-0.4, -0.2) is 10.5 Å². The molecular weight excluding hydrogens is 368 g/mol. The molecule has 2 heterocycles. The van der Waals surface area contributed by atoms with Gasteiger partial charge < -0.3 is 9.88 Å². The molecule has 2 rings (SSSR count). The van der Waals surface area contributed by atoms with Crippen molar-refractivity contribution in [1.29, 1.82) is 0 Å². The minimum absolute atomic E-state index is 0.0670. The summed E-state index contributed by atoms with van der Waals surface area (Å²) in [7, 11) is 1.96. The molecule has 2 aromatic rings. The first-order chi connectivity index (χ1) is 8.06. The number of hydrogen-bond donors (Lipinski definition) is 1. The normalized spacial score (nSPS) is 10.5. The molecule has 0 saturated carbocycles. The summed E-state index contributed by atoms with van der Waals surface area (Å²) in [5, 5.41) is 2.89. The van der Waals surface area contributed by atoms with Crippen molar-refractivity contribution in [2.75, 3.05) is 0 Å². The molecule has 17 heavy (non-hydrogen) atoms. The predicted octanol–water partition coefficient (Wildman–Crippen LogP) is 3.54. The molecule has 0 unspecified atom stereocenters. The summed E-state index contributed by atoms with van der Waals surface area (Å²) in [6.07, 6.45) is 3.94. The third kappa shape index (κ3) is 3.20. The minimum Gasteiger partial charge on any atom is -0.357 e.